The highest BCUT2D eigenvalue weighted by molar-refractivity contribution is 5.43. The molecule has 0 N–H and O–H groups in total. The monoisotopic (exact) mass is 154 g/mol. The maximum atomic E-state index is 10.8. The Morgan fingerprint density at radius 1 is 1.27 bits per heavy atom. The van der Waals surface area contributed by atoms with Crippen LogP contribution in [-0.4, -0.2) is 7.11 Å². The summed E-state index contributed by atoms with van der Waals surface area (Å²) in [6, 6.07) is 8.51. The molecule has 4 nitrogen and oxygen atoms in total. The van der Waals surface area contributed by atoms with Gasteiger partial charge in [0.15, 0.2) is 0 Å². The second kappa shape index (κ2) is 3.92. The van der Waals surface area contributed by atoms with Crippen molar-refractivity contribution in [3.8, 4) is 0 Å². The van der Waals surface area contributed by atoms with E-state index in [1.165, 1.54) is 7.11 Å². The summed E-state index contributed by atoms with van der Waals surface area (Å²) >= 11 is 0. The number of nitrogens with zero attached hydrogens (tertiary/aromatic N) is 1. The van der Waals surface area contributed by atoms with Gasteiger partial charge >= 0.3 is 0 Å². The molecule has 0 aliphatic rings. The molecule has 60 valence electrons. The van der Waals surface area contributed by atoms with Gasteiger partial charge in [-0.05, 0) is 12.1 Å². The topological polar surface area (TPSA) is 44.8 Å². The number of para-hydroxylation sites is 1. The molecule has 0 fully saturated rings. The summed E-state index contributed by atoms with van der Waals surface area (Å²) in [7, 11) is 1.27. The van der Waals surface area contributed by atoms with E-state index in [0.717, 1.165) is 0 Å². The Morgan fingerprint density at radius 2 is 1.91 bits per heavy atom. The van der Waals surface area contributed by atoms with Gasteiger partial charge in [-0.25, -0.2) is 4.89 Å². The van der Waals surface area contributed by atoms with Crippen molar-refractivity contribution in [2.24, 2.45) is 0 Å². The SMILES string of the molecule is COON([O-])c1ccccc1. The van der Waals surface area contributed by atoms with Gasteiger partial charge in [-0.3, -0.25) is 5.23 Å². The Balaban J connectivity index is 2.61. The van der Waals surface area contributed by atoms with Gasteiger partial charge in [-0.15, -0.1) is 4.99 Å². The zero-order valence-electron chi connectivity index (χ0n) is 6.06. The summed E-state index contributed by atoms with van der Waals surface area (Å²) in [5.74, 6) is 0. The Hall–Kier alpha value is -1.10. The van der Waals surface area contributed by atoms with Crippen molar-refractivity contribution in [2.45, 2.75) is 0 Å². The maximum Gasteiger partial charge on any atom is 0.0738 e. The molecule has 0 bridgehead atoms. The Morgan fingerprint density at radius 3 is 2.45 bits per heavy atom. The highest BCUT2D eigenvalue weighted by atomic mass is 17.3. The first-order chi connectivity index (χ1) is 5.34. The van der Waals surface area contributed by atoms with E-state index in [-0.39, 0.29) is 0 Å². The van der Waals surface area contributed by atoms with E-state index in [1.54, 1.807) is 24.3 Å². The van der Waals surface area contributed by atoms with Crippen molar-refractivity contribution < 1.29 is 9.88 Å². The first-order valence-corrected chi connectivity index (χ1v) is 3.07. The van der Waals surface area contributed by atoms with Crippen LogP contribution in [0.15, 0.2) is 30.3 Å². The molecular formula is C7H8NO3-. The highest BCUT2D eigenvalue weighted by Crippen LogP contribution is 2.11. The summed E-state index contributed by atoms with van der Waals surface area (Å²) in [6.07, 6.45) is 0. The van der Waals surface area contributed by atoms with E-state index in [2.05, 4.69) is 9.88 Å². The summed E-state index contributed by atoms with van der Waals surface area (Å²) in [4.78, 5) is 8.38. The molecule has 0 saturated heterocycles. The highest BCUT2D eigenvalue weighted by Gasteiger charge is 1.91. The van der Waals surface area contributed by atoms with Crippen LogP contribution in [0.1, 0.15) is 0 Å². The Labute approximate surface area is 64.4 Å². The smallest absolute Gasteiger partial charge is 0.0738 e. The van der Waals surface area contributed by atoms with Crippen LogP contribution < -0.4 is 5.23 Å². The van der Waals surface area contributed by atoms with E-state index in [0.29, 0.717) is 10.9 Å². The average Bonchev–Trinajstić information content (AvgIpc) is 2.07. The fourth-order valence-corrected chi connectivity index (χ4v) is 0.660. The number of hydrogen-bond acceptors (Lipinski definition) is 4. The molecule has 1 aromatic rings. The van der Waals surface area contributed by atoms with Crippen molar-refractivity contribution in [3.63, 3.8) is 0 Å². The quantitative estimate of drug-likeness (QED) is 0.488. The number of hydrogen-bond donors (Lipinski definition) is 0. The minimum absolute atomic E-state index is 0.292. The van der Waals surface area contributed by atoms with Crippen LogP contribution >= 0.6 is 0 Å². The molecule has 0 heterocycles. The molecule has 0 radical (unpaired) electrons. The number of rotatable bonds is 3. The summed E-state index contributed by atoms with van der Waals surface area (Å²) < 4.78 is 0. The minimum atomic E-state index is 0.292. The molecular weight excluding hydrogens is 146 g/mol. The molecule has 0 saturated carbocycles. The van der Waals surface area contributed by atoms with Gasteiger partial charge in [0, 0.05) is 0 Å². The average molecular weight is 154 g/mol. The molecule has 4 heteroatoms. The maximum absolute atomic E-state index is 10.8. The molecule has 0 unspecified atom stereocenters. The van der Waals surface area contributed by atoms with E-state index in [4.69, 9.17) is 0 Å². The third-order valence-electron chi connectivity index (χ3n) is 1.11. The molecule has 11 heavy (non-hydrogen) atoms. The van der Waals surface area contributed by atoms with Crippen LogP contribution in [0.25, 0.3) is 0 Å². The summed E-state index contributed by atoms with van der Waals surface area (Å²) in [5, 5.41) is 11.1. The van der Waals surface area contributed by atoms with Gasteiger partial charge < -0.3 is 5.21 Å². The van der Waals surface area contributed by atoms with Crippen molar-refractivity contribution in [1.29, 1.82) is 0 Å². The lowest BCUT2D eigenvalue weighted by Crippen LogP contribution is -2.14. The molecule has 0 spiro atoms. The second-order valence-electron chi connectivity index (χ2n) is 1.83. The zero-order valence-corrected chi connectivity index (χ0v) is 6.06. The molecule has 0 aromatic heterocycles. The van der Waals surface area contributed by atoms with Gasteiger partial charge in [-0.2, -0.15) is 0 Å². The van der Waals surface area contributed by atoms with Crippen molar-refractivity contribution in [3.05, 3.63) is 35.5 Å². The molecule has 0 aliphatic carbocycles. The van der Waals surface area contributed by atoms with Gasteiger partial charge in [0.05, 0.1) is 12.8 Å². The van der Waals surface area contributed by atoms with Crippen LogP contribution in [-0.2, 0) is 9.88 Å². The fourth-order valence-electron chi connectivity index (χ4n) is 0.660. The van der Waals surface area contributed by atoms with Gasteiger partial charge in [0.25, 0.3) is 0 Å². The first-order valence-electron chi connectivity index (χ1n) is 3.07. The van der Waals surface area contributed by atoms with Gasteiger partial charge in [0.1, 0.15) is 0 Å². The van der Waals surface area contributed by atoms with Gasteiger partial charge in [0.2, 0.25) is 0 Å². The largest absolute Gasteiger partial charge is 0.731 e. The molecule has 0 atom stereocenters. The fraction of sp³-hybridized carbons (Fsp3) is 0.143. The van der Waals surface area contributed by atoms with E-state index in [1.807, 2.05) is 6.07 Å². The van der Waals surface area contributed by atoms with Crippen LogP contribution in [0.2, 0.25) is 0 Å². The predicted molar refractivity (Wildman–Crippen MR) is 40.4 cm³/mol. The standard InChI is InChI=1S/C7H8NO3/c1-10-11-8(9)7-5-3-2-4-6-7/h2-6H,1H3/q-1. The molecule has 1 aromatic carbocycles. The minimum Gasteiger partial charge on any atom is -0.731 e. The third kappa shape index (κ3) is 2.19. The first kappa shape index (κ1) is 8.00. The predicted octanol–water partition coefficient (Wildman–Crippen LogP) is 1.48. The van der Waals surface area contributed by atoms with E-state index in [9.17, 15) is 5.21 Å². The van der Waals surface area contributed by atoms with E-state index < -0.39 is 0 Å². The van der Waals surface area contributed by atoms with Crippen LogP contribution in [0, 0.1) is 5.21 Å². The van der Waals surface area contributed by atoms with Crippen molar-refractivity contribution >= 4 is 5.69 Å². The molecule has 0 amide bonds. The zero-order chi connectivity index (χ0) is 8.10. The second-order valence-corrected chi connectivity index (χ2v) is 1.83. The summed E-state index contributed by atoms with van der Waals surface area (Å²) in [6.45, 7) is 0. The van der Waals surface area contributed by atoms with Crippen LogP contribution in [0.4, 0.5) is 5.69 Å². The van der Waals surface area contributed by atoms with Gasteiger partial charge in [-0.1, -0.05) is 18.2 Å². The Kier molecular flexibility index (Phi) is 2.85. The number of benzene rings is 1. The van der Waals surface area contributed by atoms with Crippen molar-refractivity contribution in [2.75, 3.05) is 12.3 Å². The van der Waals surface area contributed by atoms with Crippen LogP contribution in [0.5, 0.6) is 0 Å². The van der Waals surface area contributed by atoms with E-state index >= 15 is 0 Å². The Bertz CT molecular complexity index is 202. The van der Waals surface area contributed by atoms with Crippen molar-refractivity contribution in [1.82, 2.24) is 0 Å². The lowest BCUT2D eigenvalue weighted by Gasteiger charge is -2.25. The number of anilines is 1. The molecule has 1 rings (SSSR count). The lowest BCUT2D eigenvalue weighted by molar-refractivity contribution is -0.275. The third-order valence-corrected chi connectivity index (χ3v) is 1.11. The lowest BCUT2D eigenvalue weighted by atomic mass is 10.3. The van der Waals surface area contributed by atoms with Crippen LogP contribution in [0.3, 0.4) is 0 Å². The molecule has 0 aliphatic heterocycles. The normalized spacial score (nSPS) is 9.64. The summed E-state index contributed by atoms with van der Waals surface area (Å²) in [5.41, 5.74) is 0.398.